The Balaban J connectivity index is 1.81. The van der Waals surface area contributed by atoms with Crippen LogP contribution in [-0.4, -0.2) is 61.6 Å². The lowest BCUT2D eigenvalue weighted by Crippen LogP contribution is -2.32. The summed E-state index contributed by atoms with van der Waals surface area (Å²) >= 11 is 1.15. The second kappa shape index (κ2) is 6.85. The van der Waals surface area contributed by atoms with Gasteiger partial charge >= 0.3 is 5.97 Å². The molecule has 0 aliphatic heterocycles. The van der Waals surface area contributed by atoms with Crippen LogP contribution in [-0.2, 0) is 11.3 Å². The van der Waals surface area contributed by atoms with Crippen molar-refractivity contribution < 1.29 is 9.90 Å². The third-order valence-corrected chi connectivity index (χ3v) is 4.38. The van der Waals surface area contributed by atoms with Crippen molar-refractivity contribution in [2.75, 3.05) is 19.3 Å². The fourth-order valence-corrected chi connectivity index (χ4v) is 2.97. The largest absolute Gasteiger partial charge is 0.481 e. The minimum Gasteiger partial charge on any atom is -0.481 e. The second-order valence-corrected chi connectivity index (χ2v) is 5.73. The Morgan fingerprint density at radius 1 is 1.53 bits per heavy atom. The van der Waals surface area contributed by atoms with Gasteiger partial charge in [0, 0.05) is 12.6 Å². The third kappa shape index (κ3) is 4.17. The number of carbonyl (C=O) groups is 1. The van der Waals surface area contributed by atoms with Crippen molar-refractivity contribution in [3.63, 3.8) is 0 Å². The maximum atomic E-state index is 10.5. The van der Waals surface area contributed by atoms with Crippen LogP contribution in [0, 0.1) is 0 Å². The maximum absolute atomic E-state index is 10.5. The quantitative estimate of drug-likeness (QED) is 0.739. The SMILES string of the molecule is CN(CCn1nnnc1SCC(=O)O)C1CCCC1. The minimum absolute atomic E-state index is 0.0150. The molecular formula is C11H19N5O2S. The lowest BCUT2D eigenvalue weighted by molar-refractivity contribution is -0.133. The Bertz CT molecular complexity index is 419. The van der Waals surface area contributed by atoms with Crippen molar-refractivity contribution in [2.24, 2.45) is 0 Å². The van der Waals surface area contributed by atoms with E-state index in [0.29, 0.717) is 17.7 Å². The Morgan fingerprint density at radius 2 is 2.26 bits per heavy atom. The molecule has 0 unspecified atom stereocenters. The number of aromatic nitrogens is 4. The minimum atomic E-state index is -0.859. The molecule has 0 radical (unpaired) electrons. The van der Waals surface area contributed by atoms with Crippen molar-refractivity contribution in [3.05, 3.63) is 0 Å². The first-order valence-corrected chi connectivity index (χ1v) is 7.46. The monoisotopic (exact) mass is 285 g/mol. The van der Waals surface area contributed by atoms with E-state index < -0.39 is 5.97 Å². The molecule has 0 bridgehead atoms. The Kier molecular flexibility index (Phi) is 5.15. The van der Waals surface area contributed by atoms with Gasteiger partial charge in [0.2, 0.25) is 5.16 Å². The number of nitrogens with zero attached hydrogens (tertiary/aromatic N) is 5. The van der Waals surface area contributed by atoms with Crippen molar-refractivity contribution >= 4 is 17.7 Å². The molecule has 8 heteroatoms. The molecule has 0 atom stereocenters. The summed E-state index contributed by atoms with van der Waals surface area (Å²) in [4.78, 5) is 12.9. The predicted molar refractivity (Wildman–Crippen MR) is 71.1 cm³/mol. The van der Waals surface area contributed by atoms with Crippen LogP contribution in [0.4, 0.5) is 0 Å². The number of rotatable bonds is 7. The zero-order chi connectivity index (χ0) is 13.7. The summed E-state index contributed by atoms with van der Waals surface area (Å²) in [6, 6.07) is 0.673. The van der Waals surface area contributed by atoms with Crippen LogP contribution in [0.25, 0.3) is 0 Å². The first-order chi connectivity index (χ1) is 9.16. The van der Waals surface area contributed by atoms with Crippen molar-refractivity contribution in [1.29, 1.82) is 0 Å². The van der Waals surface area contributed by atoms with Gasteiger partial charge in [0.25, 0.3) is 0 Å². The molecule has 1 N–H and O–H groups in total. The van der Waals surface area contributed by atoms with Crippen LogP contribution in [0.15, 0.2) is 5.16 Å². The number of likely N-dealkylation sites (N-methyl/N-ethyl adjacent to an activating group) is 1. The van der Waals surface area contributed by atoms with Gasteiger partial charge in [-0.15, -0.1) is 5.10 Å². The Morgan fingerprint density at radius 3 is 2.95 bits per heavy atom. The lowest BCUT2D eigenvalue weighted by Gasteiger charge is -2.23. The summed E-state index contributed by atoms with van der Waals surface area (Å²) in [5.41, 5.74) is 0. The second-order valence-electron chi connectivity index (χ2n) is 4.79. The normalized spacial score (nSPS) is 16.3. The maximum Gasteiger partial charge on any atom is 0.313 e. The molecule has 0 amide bonds. The summed E-state index contributed by atoms with van der Waals surface area (Å²) < 4.78 is 1.68. The van der Waals surface area contributed by atoms with E-state index in [0.717, 1.165) is 18.3 Å². The van der Waals surface area contributed by atoms with Crippen LogP contribution >= 0.6 is 11.8 Å². The number of tetrazole rings is 1. The summed E-state index contributed by atoms with van der Waals surface area (Å²) in [6.07, 6.45) is 5.18. The molecule has 1 heterocycles. The van der Waals surface area contributed by atoms with Crippen LogP contribution < -0.4 is 0 Å². The first-order valence-electron chi connectivity index (χ1n) is 6.48. The highest BCUT2D eigenvalue weighted by atomic mass is 32.2. The molecule has 1 aliphatic rings. The van der Waals surface area contributed by atoms with E-state index in [9.17, 15) is 4.79 Å². The van der Waals surface area contributed by atoms with Gasteiger partial charge in [-0.1, -0.05) is 24.6 Å². The molecule has 2 rings (SSSR count). The van der Waals surface area contributed by atoms with E-state index in [4.69, 9.17) is 5.11 Å². The smallest absolute Gasteiger partial charge is 0.313 e. The molecule has 1 aliphatic carbocycles. The lowest BCUT2D eigenvalue weighted by atomic mass is 10.2. The van der Waals surface area contributed by atoms with Gasteiger partial charge in [-0.3, -0.25) is 4.79 Å². The molecule has 1 saturated carbocycles. The molecule has 0 spiro atoms. The fourth-order valence-electron chi connectivity index (χ4n) is 2.35. The number of hydrogen-bond donors (Lipinski definition) is 1. The van der Waals surface area contributed by atoms with Gasteiger partial charge in [-0.2, -0.15) is 0 Å². The number of carboxylic acids is 1. The number of aliphatic carboxylic acids is 1. The fraction of sp³-hybridized carbons (Fsp3) is 0.818. The number of hydrogen-bond acceptors (Lipinski definition) is 6. The van der Waals surface area contributed by atoms with Crippen molar-refractivity contribution in [3.8, 4) is 0 Å². The molecule has 1 fully saturated rings. The standard InChI is InChI=1S/C11H19N5O2S/c1-15(9-4-2-3-5-9)6-7-16-11(12-13-14-16)19-8-10(17)18/h9H,2-8H2,1H3,(H,17,18). The summed E-state index contributed by atoms with van der Waals surface area (Å²) in [7, 11) is 2.13. The average molecular weight is 285 g/mol. The molecule has 19 heavy (non-hydrogen) atoms. The van der Waals surface area contributed by atoms with Crippen LogP contribution in [0.3, 0.4) is 0 Å². The molecule has 0 saturated heterocycles. The zero-order valence-electron chi connectivity index (χ0n) is 11.0. The first kappa shape index (κ1) is 14.3. The van der Waals surface area contributed by atoms with Gasteiger partial charge < -0.3 is 10.0 Å². The van der Waals surface area contributed by atoms with E-state index in [1.165, 1.54) is 25.7 Å². The summed E-state index contributed by atoms with van der Waals surface area (Å²) in [6.45, 7) is 1.58. The van der Waals surface area contributed by atoms with Gasteiger partial charge in [0.05, 0.1) is 12.3 Å². The highest BCUT2D eigenvalue weighted by Crippen LogP contribution is 2.22. The van der Waals surface area contributed by atoms with E-state index in [1.807, 2.05) is 0 Å². The zero-order valence-corrected chi connectivity index (χ0v) is 11.8. The number of carboxylic acid groups (broad SMARTS) is 1. The van der Waals surface area contributed by atoms with E-state index in [1.54, 1.807) is 4.68 Å². The predicted octanol–water partition coefficient (Wildman–Crippen LogP) is 0.724. The Labute approximate surface area is 116 Å². The Hall–Kier alpha value is -1.15. The third-order valence-electron chi connectivity index (χ3n) is 3.44. The molecule has 7 nitrogen and oxygen atoms in total. The van der Waals surface area contributed by atoms with Gasteiger partial charge in [-0.25, -0.2) is 4.68 Å². The summed E-state index contributed by atoms with van der Waals surface area (Å²) in [5.74, 6) is -0.874. The van der Waals surface area contributed by atoms with E-state index in [2.05, 4.69) is 27.5 Å². The average Bonchev–Trinajstić information content (AvgIpc) is 3.04. The molecular weight excluding hydrogens is 266 g/mol. The topological polar surface area (TPSA) is 84.1 Å². The molecule has 106 valence electrons. The highest BCUT2D eigenvalue weighted by Gasteiger charge is 2.19. The highest BCUT2D eigenvalue weighted by molar-refractivity contribution is 7.99. The molecule has 1 aromatic heterocycles. The molecule has 1 aromatic rings. The van der Waals surface area contributed by atoms with E-state index >= 15 is 0 Å². The number of thioether (sulfide) groups is 1. The van der Waals surface area contributed by atoms with Crippen LogP contribution in [0.2, 0.25) is 0 Å². The summed E-state index contributed by atoms with van der Waals surface area (Å²) in [5, 5.41) is 20.6. The van der Waals surface area contributed by atoms with Gasteiger partial charge in [-0.05, 0) is 30.3 Å². The molecule has 0 aromatic carbocycles. The van der Waals surface area contributed by atoms with Crippen molar-refractivity contribution in [1.82, 2.24) is 25.1 Å². The van der Waals surface area contributed by atoms with Crippen molar-refractivity contribution in [2.45, 2.75) is 43.4 Å². The van der Waals surface area contributed by atoms with E-state index in [-0.39, 0.29) is 5.75 Å². The van der Waals surface area contributed by atoms with Crippen LogP contribution in [0.5, 0.6) is 0 Å². The van der Waals surface area contributed by atoms with Gasteiger partial charge in [0.1, 0.15) is 0 Å². The van der Waals surface area contributed by atoms with Crippen LogP contribution in [0.1, 0.15) is 25.7 Å². The van der Waals surface area contributed by atoms with Gasteiger partial charge in [0.15, 0.2) is 0 Å².